The van der Waals surface area contributed by atoms with E-state index < -0.39 is 0 Å². The number of nitrogens with zero attached hydrogens (tertiary/aromatic N) is 1. The van der Waals surface area contributed by atoms with Crippen LogP contribution in [0.25, 0.3) is 10.2 Å². The fraction of sp³-hybridized carbons (Fsp3) is 0.250. The molecule has 0 aliphatic rings. The highest BCUT2D eigenvalue weighted by Gasteiger charge is 2.05. The van der Waals surface area contributed by atoms with Crippen molar-refractivity contribution in [3.05, 3.63) is 21.9 Å². The Kier molecular flexibility index (Phi) is 2.02. The highest BCUT2D eigenvalue weighted by Crippen LogP contribution is 2.16. The van der Waals surface area contributed by atoms with Crippen LogP contribution in [0.1, 0.15) is 6.92 Å². The van der Waals surface area contributed by atoms with Gasteiger partial charge in [0.25, 0.3) is 6.01 Å². The molecule has 0 fully saturated rings. The van der Waals surface area contributed by atoms with Crippen molar-refractivity contribution in [1.29, 1.82) is 0 Å². The summed E-state index contributed by atoms with van der Waals surface area (Å²) >= 11 is 1.43. The Balaban J connectivity index is 2.63. The van der Waals surface area contributed by atoms with E-state index in [0.29, 0.717) is 22.8 Å². The van der Waals surface area contributed by atoms with Crippen LogP contribution in [0.2, 0.25) is 0 Å². The summed E-state index contributed by atoms with van der Waals surface area (Å²) in [4.78, 5) is 16.1. The van der Waals surface area contributed by atoms with Crippen LogP contribution in [0.5, 0.6) is 0 Å². The van der Waals surface area contributed by atoms with Gasteiger partial charge in [-0.2, -0.15) is 4.98 Å². The Morgan fingerprint density at radius 3 is 3.31 bits per heavy atom. The molecule has 2 heterocycles. The Labute approximate surface area is 78.2 Å². The molecule has 0 aromatic carbocycles. The maximum Gasteiger partial charge on any atom is 0.349 e. The van der Waals surface area contributed by atoms with E-state index in [0.717, 1.165) is 0 Å². The second kappa shape index (κ2) is 3.18. The molecule has 5 heteroatoms. The standard InChI is InChI=1S/C8H8N2O2S/c1-2-9-8-10-6-5(3-4-13-6)7(11)12-8/h3-4H,2H2,1H3,(H,9,10). The van der Waals surface area contributed by atoms with Crippen LogP contribution < -0.4 is 10.9 Å². The molecule has 0 saturated carbocycles. The highest BCUT2D eigenvalue weighted by atomic mass is 32.1. The SMILES string of the molecule is CCNc1nc2sccc2c(=O)o1. The first kappa shape index (κ1) is 8.25. The second-order valence-electron chi connectivity index (χ2n) is 2.48. The molecule has 0 aliphatic carbocycles. The van der Waals surface area contributed by atoms with Crippen LogP contribution >= 0.6 is 11.3 Å². The van der Waals surface area contributed by atoms with E-state index in [4.69, 9.17) is 4.42 Å². The monoisotopic (exact) mass is 196 g/mol. The van der Waals surface area contributed by atoms with Gasteiger partial charge in [-0.3, -0.25) is 0 Å². The van der Waals surface area contributed by atoms with Crippen molar-refractivity contribution >= 4 is 27.6 Å². The minimum Gasteiger partial charge on any atom is -0.389 e. The lowest BCUT2D eigenvalue weighted by atomic mass is 10.4. The van der Waals surface area contributed by atoms with Crippen LogP contribution in [0, 0.1) is 0 Å². The largest absolute Gasteiger partial charge is 0.389 e. The lowest BCUT2D eigenvalue weighted by molar-refractivity contribution is 0.518. The van der Waals surface area contributed by atoms with Gasteiger partial charge in [0, 0.05) is 6.54 Å². The van der Waals surface area contributed by atoms with Gasteiger partial charge in [0.2, 0.25) is 0 Å². The second-order valence-corrected chi connectivity index (χ2v) is 3.37. The summed E-state index contributed by atoms with van der Waals surface area (Å²) in [5, 5.41) is 5.23. The van der Waals surface area contributed by atoms with Crippen LogP contribution in [-0.4, -0.2) is 11.5 Å². The van der Waals surface area contributed by atoms with Crippen molar-refractivity contribution in [1.82, 2.24) is 4.98 Å². The van der Waals surface area contributed by atoms with Gasteiger partial charge in [-0.25, -0.2) is 4.79 Å². The normalized spacial score (nSPS) is 10.5. The first-order valence-corrected chi connectivity index (χ1v) is 4.81. The van der Waals surface area contributed by atoms with Crippen LogP contribution in [0.15, 0.2) is 20.7 Å². The average molecular weight is 196 g/mol. The predicted octanol–water partition coefficient (Wildman–Crippen LogP) is 1.68. The number of hydrogen-bond acceptors (Lipinski definition) is 5. The minimum absolute atomic E-state index is 0.294. The van der Waals surface area contributed by atoms with Gasteiger partial charge in [0.15, 0.2) is 0 Å². The zero-order valence-electron chi connectivity index (χ0n) is 7.03. The molecule has 0 spiro atoms. The first-order chi connectivity index (χ1) is 6.31. The zero-order chi connectivity index (χ0) is 9.26. The number of rotatable bonds is 2. The van der Waals surface area contributed by atoms with E-state index in [9.17, 15) is 4.79 Å². The third kappa shape index (κ3) is 1.42. The van der Waals surface area contributed by atoms with E-state index in [1.54, 1.807) is 6.07 Å². The summed E-state index contributed by atoms with van der Waals surface area (Å²) in [6.45, 7) is 2.60. The summed E-state index contributed by atoms with van der Waals surface area (Å²) in [7, 11) is 0. The smallest absolute Gasteiger partial charge is 0.349 e. The van der Waals surface area contributed by atoms with Gasteiger partial charge < -0.3 is 9.73 Å². The summed E-state index contributed by atoms with van der Waals surface area (Å²) < 4.78 is 4.92. The van der Waals surface area contributed by atoms with Crippen molar-refractivity contribution in [3.63, 3.8) is 0 Å². The molecule has 2 aromatic heterocycles. The van der Waals surface area contributed by atoms with E-state index in [1.165, 1.54) is 11.3 Å². The summed E-state index contributed by atoms with van der Waals surface area (Å²) in [5.74, 6) is 0. The van der Waals surface area contributed by atoms with Crippen LogP contribution in [0.3, 0.4) is 0 Å². The molecule has 0 unspecified atom stereocenters. The Morgan fingerprint density at radius 2 is 2.54 bits per heavy atom. The molecule has 2 rings (SSSR count). The molecule has 0 radical (unpaired) electrons. The highest BCUT2D eigenvalue weighted by molar-refractivity contribution is 7.16. The van der Waals surface area contributed by atoms with E-state index >= 15 is 0 Å². The molecule has 4 nitrogen and oxygen atoms in total. The number of hydrogen-bond donors (Lipinski definition) is 1. The van der Waals surface area contributed by atoms with Gasteiger partial charge >= 0.3 is 5.63 Å². The number of thiophene rings is 1. The fourth-order valence-corrected chi connectivity index (χ4v) is 1.77. The number of aromatic nitrogens is 1. The third-order valence-corrected chi connectivity index (χ3v) is 2.39. The molecule has 68 valence electrons. The van der Waals surface area contributed by atoms with Crippen molar-refractivity contribution in [2.75, 3.05) is 11.9 Å². The van der Waals surface area contributed by atoms with Gasteiger partial charge in [-0.05, 0) is 18.4 Å². The van der Waals surface area contributed by atoms with E-state index in [1.807, 2.05) is 12.3 Å². The molecule has 0 aliphatic heterocycles. The van der Waals surface area contributed by atoms with Gasteiger partial charge in [-0.15, -0.1) is 11.3 Å². The topological polar surface area (TPSA) is 55.1 Å². The quantitative estimate of drug-likeness (QED) is 0.794. The van der Waals surface area contributed by atoms with Gasteiger partial charge in [-0.1, -0.05) is 0 Å². The zero-order valence-corrected chi connectivity index (χ0v) is 7.85. The van der Waals surface area contributed by atoms with Crippen molar-refractivity contribution in [2.24, 2.45) is 0 Å². The number of anilines is 1. The Hall–Kier alpha value is -1.36. The number of nitrogens with one attached hydrogen (secondary N) is 1. The van der Waals surface area contributed by atoms with E-state index in [2.05, 4.69) is 10.3 Å². The minimum atomic E-state index is -0.331. The van der Waals surface area contributed by atoms with Crippen molar-refractivity contribution < 1.29 is 4.42 Å². The molecule has 0 atom stereocenters. The maximum absolute atomic E-state index is 11.3. The molecule has 0 amide bonds. The first-order valence-electron chi connectivity index (χ1n) is 3.93. The summed E-state index contributed by atoms with van der Waals surface area (Å²) in [6, 6.07) is 2.01. The third-order valence-electron chi connectivity index (χ3n) is 1.59. The molecular formula is C8H8N2O2S. The molecular weight excluding hydrogens is 188 g/mol. The van der Waals surface area contributed by atoms with Crippen LogP contribution in [0.4, 0.5) is 6.01 Å². The molecule has 13 heavy (non-hydrogen) atoms. The lowest BCUT2D eigenvalue weighted by Crippen LogP contribution is -2.05. The molecule has 0 saturated heterocycles. The fourth-order valence-electron chi connectivity index (χ4n) is 1.03. The molecule has 1 N–H and O–H groups in total. The van der Waals surface area contributed by atoms with Crippen LogP contribution in [-0.2, 0) is 0 Å². The lowest BCUT2D eigenvalue weighted by Gasteiger charge is -1.97. The van der Waals surface area contributed by atoms with Crippen molar-refractivity contribution in [3.8, 4) is 0 Å². The Bertz CT molecular complexity index is 474. The molecule has 0 bridgehead atoms. The van der Waals surface area contributed by atoms with Crippen molar-refractivity contribution in [2.45, 2.75) is 6.92 Å². The van der Waals surface area contributed by atoms with E-state index in [-0.39, 0.29) is 5.63 Å². The number of fused-ring (bicyclic) bond motifs is 1. The molecule has 2 aromatic rings. The van der Waals surface area contributed by atoms with Gasteiger partial charge in [0.05, 0.1) is 5.39 Å². The predicted molar refractivity (Wildman–Crippen MR) is 52.3 cm³/mol. The summed E-state index contributed by atoms with van der Waals surface area (Å²) in [5.41, 5.74) is -0.331. The summed E-state index contributed by atoms with van der Waals surface area (Å²) in [6.07, 6.45) is 0. The van der Waals surface area contributed by atoms with Gasteiger partial charge in [0.1, 0.15) is 4.83 Å². The Morgan fingerprint density at radius 1 is 1.69 bits per heavy atom. The maximum atomic E-state index is 11.3. The average Bonchev–Trinajstić information content (AvgIpc) is 2.53.